The number of carbonyl (C=O) groups is 1. The summed E-state index contributed by atoms with van der Waals surface area (Å²) in [7, 11) is 0. The predicted molar refractivity (Wildman–Crippen MR) is 110 cm³/mol. The molecule has 4 rings (SSSR count). The zero-order valence-corrected chi connectivity index (χ0v) is 15.8. The molecule has 0 aliphatic carbocycles. The number of benzene rings is 3. The number of fused-ring (bicyclic) bond motifs is 1. The quantitative estimate of drug-likeness (QED) is 0.428. The van der Waals surface area contributed by atoms with E-state index in [0.29, 0.717) is 5.69 Å². The van der Waals surface area contributed by atoms with Crippen molar-refractivity contribution >= 4 is 44.9 Å². The third-order valence-electron chi connectivity index (χ3n) is 3.95. The van der Waals surface area contributed by atoms with Gasteiger partial charge in [-0.2, -0.15) is 0 Å². The van der Waals surface area contributed by atoms with Crippen molar-refractivity contribution in [1.29, 1.82) is 0 Å². The molecule has 1 atom stereocenters. The minimum Gasteiger partial charge on any atom is -0.325 e. The number of hydrogen-bond acceptors (Lipinski definition) is 4. The highest BCUT2D eigenvalue weighted by atomic mass is 32.2. The van der Waals surface area contributed by atoms with Crippen LogP contribution in [-0.2, 0) is 4.79 Å². The predicted octanol–water partition coefficient (Wildman–Crippen LogP) is 5.91. The molecule has 3 aromatic carbocycles. The van der Waals surface area contributed by atoms with Crippen molar-refractivity contribution in [2.24, 2.45) is 0 Å². The van der Waals surface area contributed by atoms with E-state index in [9.17, 15) is 9.18 Å². The van der Waals surface area contributed by atoms with Gasteiger partial charge in [0.1, 0.15) is 11.1 Å². The highest BCUT2D eigenvalue weighted by Gasteiger charge is 2.24. The number of carbonyl (C=O) groups excluding carboxylic acids is 1. The summed E-state index contributed by atoms with van der Waals surface area (Å²) in [6, 6.07) is 23.3. The van der Waals surface area contributed by atoms with Crippen molar-refractivity contribution in [2.45, 2.75) is 9.59 Å². The maximum absolute atomic E-state index is 13.1. The van der Waals surface area contributed by atoms with Crippen LogP contribution in [0.25, 0.3) is 10.2 Å². The molecule has 1 heterocycles. The van der Waals surface area contributed by atoms with E-state index >= 15 is 0 Å². The van der Waals surface area contributed by atoms with Crippen molar-refractivity contribution in [3.05, 3.63) is 90.2 Å². The Morgan fingerprint density at radius 3 is 2.41 bits per heavy atom. The summed E-state index contributed by atoms with van der Waals surface area (Å²) in [6.45, 7) is 0. The summed E-state index contributed by atoms with van der Waals surface area (Å²) in [5, 5.41) is 2.41. The van der Waals surface area contributed by atoms with Crippen LogP contribution in [0.4, 0.5) is 10.1 Å². The molecule has 3 nitrogen and oxygen atoms in total. The van der Waals surface area contributed by atoms with Gasteiger partial charge in [-0.3, -0.25) is 4.79 Å². The van der Waals surface area contributed by atoms with Crippen molar-refractivity contribution in [3.63, 3.8) is 0 Å². The van der Waals surface area contributed by atoms with Crippen LogP contribution in [-0.4, -0.2) is 10.9 Å². The lowest BCUT2D eigenvalue weighted by molar-refractivity contribution is -0.115. The first kappa shape index (κ1) is 17.7. The largest absolute Gasteiger partial charge is 0.325 e. The number of thioether (sulfide) groups is 1. The van der Waals surface area contributed by atoms with Crippen LogP contribution in [0.15, 0.2) is 83.2 Å². The summed E-state index contributed by atoms with van der Waals surface area (Å²) >= 11 is 2.99. The molecule has 4 aromatic rings. The van der Waals surface area contributed by atoms with E-state index in [0.717, 1.165) is 20.1 Å². The van der Waals surface area contributed by atoms with Crippen LogP contribution in [0.1, 0.15) is 10.8 Å². The molecule has 0 fully saturated rings. The lowest BCUT2D eigenvalue weighted by atomic mass is 10.1. The van der Waals surface area contributed by atoms with Gasteiger partial charge in [-0.15, -0.1) is 11.3 Å². The number of rotatable bonds is 5. The summed E-state index contributed by atoms with van der Waals surface area (Å²) < 4.78 is 15.0. The summed E-state index contributed by atoms with van der Waals surface area (Å²) in [4.78, 5) is 17.6. The molecule has 134 valence electrons. The van der Waals surface area contributed by atoms with Crippen molar-refractivity contribution in [2.75, 3.05) is 5.32 Å². The Morgan fingerprint density at radius 2 is 1.67 bits per heavy atom. The van der Waals surface area contributed by atoms with E-state index in [1.54, 1.807) is 23.5 Å². The van der Waals surface area contributed by atoms with Gasteiger partial charge < -0.3 is 5.32 Å². The Labute approximate surface area is 164 Å². The molecule has 1 aromatic heterocycles. The van der Waals surface area contributed by atoms with Crippen LogP contribution in [0.5, 0.6) is 0 Å². The normalized spacial score (nSPS) is 12.0. The Bertz CT molecular complexity index is 1030. The number of nitrogens with one attached hydrogen (secondary N) is 1. The SMILES string of the molecule is O=C(Nc1ccc(F)cc1)[C@H](Sc1nc2ccccc2s1)c1ccccc1. The van der Waals surface area contributed by atoms with Crippen molar-refractivity contribution < 1.29 is 9.18 Å². The lowest BCUT2D eigenvalue weighted by Crippen LogP contribution is -2.19. The average Bonchev–Trinajstić information content (AvgIpc) is 3.11. The van der Waals surface area contributed by atoms with E-state index in [1.807, 2.05) is 54.6 Å². The first-order chi connectivity index (χ1) is 13.2. The van der Waals surface area contributed by atoms with E-state index in [1.165, 1.54) is 23.9 Å². The van der Waals surface area contributed by atoms with Crippen LogP contribution >= 0.6 is 23.1 Å². The number of thiazole rings is 1. The molecule has 0 bridgehead atoms. The van der Waals surface area contributed by atoms with Crippen LogP contribution in [0, 0.1) is 5.82 Å². The monoisotopic (exact) mass is 394 g/mol. The van der Waals surface area contributed by atoms with Crippen LogP contribution in [0.2, 0.25) is 0 Å². The van der Waals surface area contributed by atoms with E-state index in [2.05, 4.69) is 10.3 Å². The topological polar surface area (TPSA) is 42.0 Å². The molecule has 0 saturated carbocycles. The van der Waals surface area contributed by atoms with Gasteiger partial charge in [0.05, 0.1) is 10.2 Å². The average molecular weight is 394 g/mol. The second-order valence-electron chi connectivity index (χ2n) is 5.85. The zero-order valence-electron chi connectivity index (χ0n) is 14.1. The maximum Gasteiger partial charge on any atom is 0.242 e. The van der Waals surface area contributed by atoms with Gasteiger partial charge in [0, 0.05) is 5.69 Å². The van der Waals surface area contributed by atoms with E-state index < -0.39 is 5.25 Å². The molecule has 0 aliphatic rings. The molecule has 0 radical (unpaired) electrons. The van der Waals surface area contributed by atoms with Crippen LogP contribution < -0.4 is 5.32 Å². The molecule has 0 aliphatic heterocycles. The van der Waals surface area contributed by atoms with Gasteiger partial charge in [0.25, 0.3) is 0 Å². The van der Waals surface area contributed by atoms with E-state index in [-0.39, 0.29) is 11.7 Å². The van der Waals surface area contributed by atoms with Gasteiger partial charge in [-0.25, -0.2) is 9.37 Å². The Morgan fingerprint density at radius 1 is 0.963 bits per heavy atom. The number of amides is 1. The van der Waals surface area contributed by atoms with Crippen LogP contribution in [0.3, 0.4) is 0 Å². The summed E-state index contributed by atoms with van der Waals surface area (Å²) in [6.07, 6.45) is 0. The van der Waals surface area contributed by atoms with Gasteiger partial charge >= 0.3 is 0 Å². The molecule has 0 unspecified atom stereocenters. The third-order valence-corrected chi connectivity index (χ3v) is 6.33. The van der Waals surface area contributed by atoms with Gasteiger partial charge in [-0.1, -0.05) is 54.2 Å². The Kier molecular flexibility index (Phi) is 5.18. The first-order valence-corrected chi connectivity index (χ1v) is 10.0. The minimum absolute atomic E-state index is 0.169. The fourth-order valence-electron chi connectivity index (χ4n) is 2.64. The Hall–Kier alpha value is -2.70. The summed E-state index contributed by atoms with van der Waals surface area (Å²) in [5.41, 5.74) is 2.38. The molecule has 6 heteroatoms. The van der Waals surface area contributed by atoms with Gasteiger partial charge in [0.15, 0.2) is 4.34 Å². The number of anilines is 1. The Balaban J connectivity index is 1.62. The standard InChI is InChI=1S/C21H15FN2OS2/c22-15-10-12-16(13-11-15)23-20(25)19(14-6-2-1-3-7-14)27-21-24-17-8-4-5-9-18(17)26-21/h1-13,19H,(H,23,25)/t19-/m1/s1. The second-order valence-corrected chi connectivity index (χ2v) is 8.24. The summed E-state index contributed by atoms with van der Waals surface area (Å²) in [5.74, 6) is -0.506. The zero-order chi connectivity index (χ0) is 18.6. The van der Waals surface area contributed by atoms with Gasteiger partial charge in [-0.05, 0) is 42.0 Å². The lowest BCUT2D eigenvalue weighted by Gasteiger charge is -2.15. The highest BCUT2D eigenvalue weighted by Crippen LogP contribution is 2.39. The third kappa shape index (κ3) is 4.18. The highest BCUT2D eigenvalue weighted by molar-refractivity contribution is 8.02. The number of hydrogen-bond donors (Lipinski definition) is 1. The molecule has 0 saturated heterocycles. The molecular weight excluding hydrogens is 379 g/mol. The van der Waals surface area contributed by atoms with Gasteiger partial charge in [0.2, 0.25) is 5.91 Å². The number of nitrogens with zero attached hydrogens (tertiary/aromatic N) is 1. The minimum atomic E-state index is -0.461. The maximum atomic E-state index is 13.1. The number of halogens is 1. The van der Waals surface area contributed by atoms with Crippen molar-refractivity contribution in [3.8, 4) is 0 Å². The number of aromatic nitrogens is 1. The number of para-hydroxylation sites is 1. The fraction of sp³-hybridized carbons (Fsp3) is 0.0476. The smallest absolute Gasteiger partial charge is 0.242 e. The molecule has 0 spiro atoms. The molecule has 1 N–H and O–H groups in total. The second kappa shape index (κ2) is 7.90. The first-order valence-electron chi connectivity index (χ1n) is 8.33. The van der Waals surface area contributed by atoms with Crippen molar-refractivity contribution in [1.82, 2.24) is 4.98 Å². The fourth-order valence-corrected chi connectivity index (χ4v) is 4.90. The molecular formula is C21H15FN2OS2. The molecule has 1 amide bonds. The molecule has 27 heavy (non-hydrogen) atoms. The van der Waals surface area contributed by atoms with E-state index in [4.69, 9.17) is 0 Å².